The van der Waals surface area contributed by atoms with Crippen LogP contribution in [0, 0.1) is 6.92 Å². The highest BCUT2D eigenvalue weighted by molar-refractivity contribution is 6.65. The van der Waals surface area contributed by atoms with Crippen LogP contribution in [0.25, 0.3) is 10.9 Å². The molecule has 20 heavy (non-hydrogen) atoms. The summed E-state index contributed by atoms with van der Waals surface area (Å²) >= 11 is 0. The SMILES string of the molecule is Cc1c2c(B3OC(C)(C)C(C)(C)O3)cccc2nn1C. The van der Waals surface area contributed by atoms with Gasteiger partial charge in [-0.25, -0.2) is 0 Å². The minimum absolute atomic E-state index is 0.323. The molecule has 0 bridgehead atoms. The van der Waals surface area contributed by atoms with Crippen LogP contribution in [-0.4, -0.2) is 28.1 Å². The van der Waals surface area contributed by atoms with Crippen molar-refractivity contribution in [2.24, 2.45) is 7.05 Å². The molecule has 0 N–H and O–H groups in total. The highest BCUT2D eigenvalue weighted by atomic mass is 16.7. The number of aryl methyl sites for hydroxylation is 2. The Hall–Kier alpha value is -1.33. The van der Waals surface area contributed by atoms with Crippen molar-refractivity contribution >= 4 is 23.5 Å². The van der Waals surface area contributed by atoms with E-state index in [1.807, 2.05) is 23.9 Å². The van der Waals surface area contributed by atoms with E-state index in [2.05, 4.69) is 45.8 Å². The lowest BCUT2D eigenvalue weighted by Crippen LogP contribution is -2.41. The summed E-state index contributed by atoms with van der Waals surface area (Å²) < 4.78 is 14.2. The summed E-state index contributed by atoms with van der Waals surface area (Å²) in [7, 11) is 1.62. The molecule has 1 aromatic heterocycles. The van der Waals surface area contributed by atoms with Gasteiger partial charge >= 0.3 is 7.12 Å². The van der Waals surface area contributed by atoms with Crippen molar-refractivity contribution in [2.45, 2.75) is 45.8 Å². The lowest BCUT2D eigenvalue weighted by atomic mass is 9.76. The zero-order valence-corrected chi connectivity index (χ0v) is 13.0. The van der Waals surface area contributed by atoms with Gasteiger partial charge in [-0.05, 0) is 46.1 Å². The normalized spacial score (nSPS) is 20.8. The van der Waals surface area contributed by atoms with Crippen molar-refractivity contribution in [2.75, 3.05) is 0 Å². The van der Waals surface area contributed by atoms with E-state index in [0.717, 1.165) is 22.1 Å². The molecule has 106 valence electrons. The van der Waals surface area contributed by atoms with E-state index < -0.39 is 0 Å². The number of nitrogens with zero attached hydrogens (tertiary/aromatic N) is 2. The standard InChI is InChI=1S/C15H21BN2O2/c1-10-13-11(8-7-9-12(13)17-18(10)6)16-19-14(2,3)15(4,5)20-16/h7-9H,1-6H3. The third kappa shape index (κ3) is 1.80. The zero-order chi connectivity index (χ0) is 14.7. The van der Waals surface area contributed by atoms with Gasteiger partial charge in [0, 0.05) is 18.1 Å². The van der Waals surface area contributed by atoms with E-state index in [-0.39, 0.29) is 18.3 Å². The van der Waals surface area contributed by atoms with Crippen LogP contribution in [0.5, 0.6) is 0 Å². The highest BCUT2D eigenvalue weighted by Gasteiger charge is 2.52. The van der Waals surface area contributed by atoms with Crippen molar-refractivity contribution in [1.29, 1.82) is 0 Å². The fourth-order valence-electron chi connectivity index (χ4n) is 2.60. The molecule has 1 aliphatic rings. The molecule has 4 nitrogen and oxygen atoms in total. The zero-order valence-electron chi connectivity index (χ0n) is 13.0. The van der Waals surface area contributed by atoms with Crippen LogP contribution in [0.4, 0.5) is 0 Å². The van der Waals surface area contributed by atoms with Gasteiger partial charge in [0.1, 0.15) is 0 Å². The van der Waals surface area contributed by atoms with E-state index in [0.29, 0.717) is 0 Å². The molecule has 1 aliphatic heterocycles. The Labute approximate surface area is 120 Å². The first-order valence-electron chi connectivity index (χ1n) is 7.01. The molecule has 0 unspecified atom stereocenters. The summed E-state index contributed by atoms with van der Waals surface area (Å²) in [6, 6.07) is 6.10. The number of aromatic nitrogens is 2. The molecule has 0 spiro atoms. The predicted molar refractivity (Wildman–Crippen MR) is 81.2 cm³/mol. The lowest BCUT2D eigenvalue weighted by molar-refractivity contribution is 0.00578. The van der Waals surface area contributed by atoms with Crippen LogP contribution in [0.3, 0.4) is 0 Å². The van der Waals surface area contributed by atoms with Crippen molar-refractivity contribution < 1.29 is 9.31 Å². The molecule has 0 aliphatic carbocycles. The van der Waals surface area contributed by atoms with Gasteiger partial charge in [0.2, 0.25) is 0 Å². The second kappa shape index (κ2) is 4.09. The van der Waals surface area contributed by atoms with Crippen molar-refractivity contribution in [3.63, 3.8) is 0 Å². The summed E-state index contributed by atoms with van der Waals surface area (Å²) in [5.74, 6) is 0. The second-order valence-corrected chi connectivity index (χ2v) is 6.54. The van der Waals surface area contributed by atoms with Gasteiger partial charge in [0.05, 0.1) is 16.7 Å². The van der Waals surface area contributed by atoms with Gasteiger partial charge in [-0.15, -0.1) is 0 Å². The van der Waals surface area contributed by atoms with Gasteiger partial charge < -0.3 is 9.31 Å². The second-order valence-electron chi connectivity index (χ2n) is 6.54. The summed E-state index contributed by atoms with van der Waals surface area (Å²) in [5, 5.41) is 5.66. The predicted octanol–water partition coefficient (Wildman–Crippen LogP) is 2.18. The Balaban J connectivity index is 2.13. The Bertz CT molecular complexity index is 660. The first-order valence-corrected chi connectivity index (χ1v) is 7.01. The first-order chi connectivity index (χ1) is 9.23. The summed E-state index contributed by atoms with van der Waals surface area (Å²) in [6.07, 6.45) is 0. The van der Waals surface area contributed by atoms with Crippen LogP contribution in [0.2, 0.25) is 0 Å². The number of hydrogen-bond acceptors (Lipinski definition) is 3. The maximum Gasteiger partial charge on any atom is 0.495 e. The Morgan fingerprint density at radius 3 is 2.30 bits per heavy atom. The van der Waals surface area contributed by atoms with Gasteiger partial charge in [-0.3, -0.25) is 4.68 Å². The highest BCUT2D eigenvalue weighted by Crippen LogP contribution is 2.37. The first kappa shape index (κ1) is 13.6. The van der Waals surface area contributed by atoms with Crippen LogP contribution in [0.1, 0.15) is 33.4 Å². The summed E-state index contributed by atoms with van der Waals surface area (Å²) in [4.78, 5) is 0. The number of fused-ring (bicyclic) bond motifs is 1. The van der Waals surface area contributed by atoms with E-state index in [1.54, 1.807) is 0 Å². The summed E-state index contributed by atoms with van der Waals surface area (Å²) in [6.45, 7) is 10.4. The van der Waals surface area contributed by atoms with Gasteiger partial charge in [0.25, 0.3) is 0 Å². The van der Waals surface area contributed by atoms with Crippen molar-refractivity contribution in [3.05, 3.63) is 23.9 Å². The molecule has 1 fully saturated rings. The van der Waals surface area contributed by atoms with Gasteiger partial charge in [-0.1, -0.05) is 12.1 Å². The van der Waals surface area contributed by atoms with Crippen molar-refractivity contribution in [3.8, 4) is 0 Å². The molecule has 5 heteroatoms. The summed E-state index contributed by atoms with van der Waals surface area (Å²) in [5.41, 5.74) is 2.53. The molecule has 2 heterocycles. The molecule has 0 atom stereocenters. The van der Waals surface area contributed by atoms with E-state index in [1.165, 1.54) is 0 Å². The van der Waals surface area contributed by atoms with E-state index in [9.17, 15) is 0 Å². The molecule has 1 aromatic carbocycles. The Morgan fingerprint density at radius 2 is 1.70 bits per heavy atom. The fraction of sp³-hybridized carbons (Fsp3) is 0.533. The average Bonchev–Trinajstić information content (AvgIpc) is 2.74. The molecule has 0 amide bonds. The third-order valence-corrected chi connectivity index (χ3v) is 4.69. The van der Waals surface area contributed by atoms with Gasteiger partial charge in [0.15, 0.2) is 0 Å². The molecule has 0 saturated carbocycles. The molecular weight excluding hydrogens is 251 g/mol. The Kier molecular flexibility index (Phi) is 2.79. The van der Waals surface area contributed by atoms with Crippen LogP contribution >= 0.6 is 0 Å². The molecular formula is C15H21BN2O2. The van der Waals surface area contributed by atoms with Gasteiger partial charge in [-0.2, -0.15) is 5.10 Å². The Morgan fingerprint density at radius 1 is 1.10 bits per heavy atom. The quantitative estimate of drug-likeness (QED) is 0.746. The number of benzene rings is 1. The topological polar surface area (TPSA) is 36.3 Å². The van der Waals surface area contributed by atoms with Crippen molar-refractivity contribution in [1.82, 2.24) is 9.78 Å². The number of rotatable bonds is 1. The van der Waals surface area contributed by atoms with E-state index >= 15 is 0 Å². The minimum Gasteiger partial charge on any atom is -0.399 e. The molecule has 3 rings (SSSR count). The minimum atomic E-state index is -0.341. The van der Waals surface area contributed by atoms with Crippen LogP contribution in [-0.2, 0) is 16.4 Å². The van der Waals surface area contributed by atoms with Crippen LogP contribution in [0.15, 0.2) is 18.2 Å². The lowest BCUT2D eigenvalue weighted by Gasteiger charge is -2.32. The third-order valence-electron chi connectivity index (χ3n) is 4.69. The smallest absolute Gasteiger partial charge is 0.399 e. The van der Waals surface area contributed by atoms with Crippen LogP contribution < -0.4 is 5.46 Å². The van der Waals surface area contributed by atoms with E-state index in [4.69, 9.17) is 9.31 Å². The monoisotopic (exact) mass is 272 g/mol. The fourth-order valence-corrected chi connectivity index (χ4v) is 2.60. The molecule has 2 aromatic rings. The number of hydrogen-bond donors (Lipinski definition) is 0. The average molecular weight is 272 g/mol. The maximum absolute atomic E-state index is 6.16. The molecule has 1 saturated heterocycles. The largest absolute Gasteiger partial charge is 0.495 e. The maximum atomic E-state index is 6.16. The molecule has 0 radical (unpaired) electrons.